The number of phenolic OH excluding ortho intramolecular Hbond substituents is 2. The number of aryl methyl sites for hydroxylation is 1. The Morgan fingerprint density at radius 1 is 0.937 bits per heavy atom. The molecule has 4 aromatic rings. The van der Waals surface area contributed by atoms with Crippen LogP contribution < -0.4 is 15.4 Å². The molecular formula is C49H62N2O10S2. The van der Waals surface area contributed by atoms with Gasteiger partial charge in [-0.3, -0.25) is 14.9 Å². The van der Waals surface area contributed by atoms with E-state index in [2.05, 4.69) is 10.6 Å². The standard InChI is InChI=1S/C49H62N2O10S2/c1-28(55)25-50-42-24-39-30(17-19-53)5-11-34(4-3-18-52)51-49(40(39)20-33(42)26-54)61-45-23-36(57)13-7-31-9-15-43(58)48(60-2)47(31)37-14-8-29-6-12-35(56)22-38(29)41(37)27-62-63-46-16-10-32(45)21-44(46)59/h6,8-9,12,14-15,20,22,24,30,32,34,44-46,49-54,56,58-59H,3-5,7,10-11,13,16-19,21,23,25-27H2,1-2H3/t30-,32+,34+,44-,45-,46-,49-/m0/s1. The third kappa shape index (κ3) is 11.2. The van der Waals surface area contributed by atoms with E-state index in [0.717, 1.165) is 57.9 Å². The smallest absolute Gasteiger partial charge is 0.168 e. The van der Waals surface area contributed by atoms with Gasteiger partial charge in [-0.1, -0.05) is 45.9 Å². The Balaban J connectivity index is 1.28. The van der Waals surface area contributed by atoms with E-state index >= 15 is 0 Å². The number of nitrogens with one attached hydrogen (secondary N) is 2. The molecule has 3 heterocycles. The Labute approximate surface area is 377 Å². The molecule has 0 saturated heterocycles. The van der Waals surface area contributed by atoms with Crippen molar-refractivity contribution in [2.45, 2.75) is 126 Å². The van der Waals surface area contributed by atoms with Crippen LogP contribution in [0.3, 0.4) is 0 Å². The number of phenols is 2. The molecule has 63 heavy (non-hydrogen) atoms. The molecule has 0 aromatic heterocycles. The van der Waals surface area contributed by atoms with Crippen LogP contribution >= 0.6 is 21.6 Å². The zero-order valence-corrected chi connectivity index (χ0v) is 37.8. The zero-order valence-electron chi connectivity index (χ0n) is 36.2. The van der Waals surface area contributed by atoms with Crippen molar-refractivity contribution < 1.29 is 49.7 Å². The molecule has 3 aliphatic heterocycles. The number of methoxy groups -OCH3 is 1. The number of aliphatic hydroxyl groups is 4. The number of ether oxygens (including phenoxy) is 2. The van der Waals surface area contributed by atoms with Crippen LogP contribution in [0.2, 0.25) is 0 Å². The normalized spacial score (nSPS) is 24.5. The van der Waals surface area contributed by atoms with Crippen LogP contribution in [-0.4, -0.2) is 92.6 Å². The maximum atomic E-state index is 14.5. The summed E-state index contributed by atoms with van der Waals surface area (Å²) < 4.78 is 13.1. The minimum absolute atomic E-state index is 0.0174. The molecule has 4 aromatic carbocycles. The van der Waals surface area contributed by atoms with Gasteiger partial charge in [0.2, 0.25) is 0 Å². The van der Waals surface area contributed by atoms with Crippen LogP contribution in [0.15, 0.2) is 54.6 Å². The zero-order chi connectivity index (χ0) is 44.6. The fourth-order valence-electron chi connectivity index (χ4n) is 9.82. The van der Waals surface area contributed by atoms with Crippen molar-refractivity contribution in [1.29, 1.82) is 0 Å². The number of benzene rings is 4. The molecule has 340 valence electrons. The van der Waals surface area contributed by atoms with Crippen LogP contribution in [0.4, 0.5) is 5.69 Å². The van der Waals surface area contributed by atoms with E-state index in [9.17, 15) is 40.2 Å². The summed E-state index contributed by atoms with van der Waals surface area (Å²) in [5.41, 5.74) is 6.27. The van der Waals surface area contributed by atoms with Gasteiger partial charge in [-0.25, -0.2) is 0 Å². The minimum atomic E-state index is -0.723. The van der Waals surface area contributed by atoms with Crippen LogP contribution in [-0.2, 0) is 33.1 Å². The summed E-state index contributed by atoms with van der Waals surface area (Å²) in [7, 11) is 4.81. The highest BCUT2D eigenvalue weighted by molar-refractivity contribution is 8.76. The lowest BCUT2D eigenvalue weighted by Gasteiger charge is -2.40. The number of aliphatic hydroxyl groups excluding tert-OH is 4. The number of aromatic hydroxyl groups is 2. The number of carbonyl (C=O) groups is 2. The summed E-state index contributed by atoms with van der Waals surface area (Å²) in [5.74, 6) is 0.694. The van der Waals surface area contributed by atoms with Crippen molar-refractivity contribution >= 4 is 49.6 Å². The first kappa shape index (κ1) is 47.1. The summed E-state index contributed by atoms with van der Waals surface area (Å²) in [6, 6.07) is 16.6. The number of anilines is 1. The molecule has 0 radical (unpaired) electrons. The number of fused-ring (bicyclic) bond motifs is 10. The molecule has 0 unspecified atom stereocenters. The lowest BCUT2D eigenvalue weighted by atomic mass is 9.80. The number of Topliss-reactive ketones (excluding diaryl/α,β-unsaturated/α-hetero) is 2. The first-order chi connectivity index (χ1) is 30.5. The highest BCUT2D eigenvalue weighted by Gasteiger charge is 2.39. The molecule has 7 atom stereocenters. The van der Waals surface area contributed by atoms with E-state index < -0.39 is 18.4 Å². The number of hydrogen-bond donors (Lipinski definition) is 8. The van der Waals surface area contributed by atoms with Gasteiger partial charge in [-0.2, -0.15) is 0 Å². The van der Waals surface area contributed by atoms with Gasteiger partial charge >= 0.3 is 0 Å². The fraction of sp³-hybridized carbons (Fsp3) is 0.510. The third-order valence-electron chi connectivity index (χ3n) is 13.1. The summed E-state index contributed by atoms with van der Waals surface area (Å²) >= 11 is 0. The molecule has 8 N–H and O–H groups in total. The van der Waals surface area contributed by atoms with Crippen molar-refractivity contribution in [2.75, 3.05) is 32.2 Å². The molecular weight excluding hydrogens is 841 g/mol. The molecule has 2 bridgehead atoms. The maximum Gasteiger partial charge on any atom is 0.168 e. The van der Waals surface area contributed by atoms with Gasteiger partial charge in [-0.15, -0.1) is 0 Å². The highest BCUT2D eigenvalue weighted by Crippen LogP contribution is 2.48. The van der Waals surface area contributed by atoms with Crippen molar-refractivity contribution in [1.82, 2.24) is 5.32 Å². The second-order valence-corrected chi connectivity index (χ2v) is 20.0. The summed E-state index contributed by atoms with van der Waals surface area (Å²) in [6.45, 7) is 1.31. The first-order valence-corrected chi connectivity index (χ1v) is 24.7. The van der Waals surface area contributed by atoms with Gasteiger partial charge < -0.3 is 45.4 Å². The maximum absolute atomic E-state index is 14.5. The predicted octanol–water partition coefficient (Wildman–Crippen LogP) is 7.81. The van der Waals surface area contributed by atoms with Gasteiger partial charge in [0, 0.05) is 59.9 Å². The summed E-state index contributed by atoms with van der Waals surface area (Å²) in [5, 5.41) is 73.0. The Bertz CT molecular complexity index is 2240. The summed E-state index contributed by atoms with van der Waals surface area (Å²) in [6.07, 6.45) is 3.82. The number of rotatable bonds is 12. The van der Waals surface area contributed by atoms with E-state index in [4.69, 9.17) is 9.47 Å². The quantitative estimate of drug-likeness (QED) is 0.0641. The van der Waals surface area contributed by atoms with Crippen molar-refractivity contribution in [2.24, 2.45) is 5.92 Å². The number of carbonyl (C=O) groups excluding carboxylic acids is 2. The van der Waals surface area contributed by atoms with Crippen LogP contribution in [0.5, 0.6) is 17.2 Å². The summed E-state index contributed by atoms with van der Waals surface area (Å²) in [4.78, 5) is 26.5. The lowest BCUT2D eigenvalue weighted by molar-refractivity contribution is -0.129. The largest absolute Gasteiger partial charge is 0.508 e. The molecule has 1 aliphatic carbocycles. The minimum Gasteiger partial charge on any atom is -0.508 e. The van der Waals surface area contributed by atoms with Gasteiger partial charge in [-0.05, 0) is 145 Å². The van der Waals surface area contributed by atoms with E-state index in [1.165, 1.54) is 14.0 Å². The monoisotopic (exact) mass is 902 g/mol. The number of hydrogen-bond acceptors (Lipinski definition) is 14. The Morgan fingerprint density at radius 2 is 1.76 bits per heavy atom. The van der Waals surface area contributed by atoms with Gasteiger partial charge in [0.15, 0.2) is 11.5 Å². The van der Waals surface area contributed by atoms with E-state index in [0.29, 0.717) is 66.8 Å². The number of ketones is 2. The van der Waals surface area contributed by atoms with Gasteiger partial charge in [0.25, 0.3) is 0 Å². The van der Waals surface area contributed by atoms with E-state index in [1.54, 1.807) is 39.8 Å². The topological polar surface area (TPSA) is 198 Å². The third-order valence-corrected chi connectivity index (χ3v) is 16.0. The van der Waals surface area contributed by atoms with Gasteiger partial charge in [0.05, 0.1) is 32.5 Å². The average Bonchev–Trinajstić information content (AvgIpc) is 3.27. The molecule has 12 nitrogen and oxygen atoms in total. The van der Waals surface area contributed by atoms with Crippen LogP contribution in [0, 0.1) is 5.92 Å². The van der Waals surface area contributed by atoms with Gasteiger partial charge in [0.1, 0.15) is 23.5 Å². The average molecular weight is 903 g/mol. The molecule has 1 fully saturated rings. The Morgan fingerprint density at radius 3 is 2.51 bits per heavy atom. The van der Waals surface area contributed by atoms with Crippen LogP contribution in [0.1, 0.15) is 111 Å². The molecule has 0 spiro atoms. The fourth-order valence-corrected chi connectivity index (χ4v) is 12.7. The second-order valence-electron chi connectivity index (χ2n) is 17.4. The van der Waals surface area contributed by atoms with Crippen molar-refractivity contribution in [3.8, 4) is 28.4 Å². The van der Waals surface area contributed by atoms with E-state index in [1.807, 2.05) is 36.4 Å². The molecule has 8 rings (SSSR count). The first-order valence-electron chi connectivity index (χ1n) is 22.3. The second kappa shape index (κ2) is 21.9. The SMILES string of the molecule is COc1c(O)ccc2c1-c1ccc3ccc(O)cc3c1CSS[C@H]1CC[C@H](C[C@@H]1O)[C@@H](O[C@@H]1N[C@H](CCCO)CC[C@@H](CCO)c3cc(NCC(C)=O)c(CO)cc31)CC(=O)CC2. The Kier molecular flexibility index (Phi) is 16.4. The highest BCUT2D eigenvalue weighted by atomic mass is 33.1. The predicted molar refractivity (Wildman–Crippen MR) is 249 cm³/mol. The lowest BCUT2D eigenvalue weighted by Crippen LogP contribution is -2.43. The molecule has 0 amide bonds. The van der Waals surface area contributed by atoms with Crippen molar-refractivity contribution in [3.63, 3.8) is 0 Å². The van der Waals surface area contributed by atoms with E-state index in [-0.39, 0.29) is 85.4 Å². The van der Waals surface area contributed by atoms with Crippen molar-refractivity contribution in [3.05, 3.63) is 82.4 Å². The molecule has 1 saturated carbocycles. The molecule has 4 aliphatic rings. The molecule has 14 heteroatoms. The van der Waals surface area contributed by atoms with Crippen LogP contribution in [0.25, 0.3) is 21.9 Å². The Hall–Kier alpha value is -3.86.